The zero-order chi connectivity index (χ0) is 15.1. The Kier molecular flexibility index (Phi) is 5.19. The molecule has 0 aliphatic heterocycles. The van der Waals surface area contributed by atoms with Crippen LogP contribution in [0.3, 0.4) is 0 Å². The second-order valence-corrected chi connectivity index (χ2v) is 4.76. The number of benzene rings is 2. The molecule has 2 aromatic carbocycles. The molecule has 1 amide bonds. The van der Waals surface area contributed by atoms with Crippen LogP contribution in [0.5, 0.6) is 5.75 Å². The second-order valence-electron chi connectivity index (χ2n) is 4.32. The molecule has 4 nitrogen and oxygen atoms in total. The largest absolute Gasteiger partial charge is 0.479 e. The maximum atomic E-state index is 11.9. The van der Waals surface area contributed by atoms with E-state index in [1.165, 1.54) is 0 Å². The lowest BCUT2D eigenvalue weighted by atomic mass is 10.1. The lowest BCUT2D eigenvalue weighted by Gasteiger charge is -2.07. The summed E-state index contributed by atoms with van der Waals surface area (Å²) in [7, 11) is 0. The molecule has 0 aliphatic carbocycles. The van der Waals surface area contributed by atoms with Gasteiger partial charge in [-0.2, -0.15) is 5.26 Å². The van der Waals surface area contributed by atoms with Crippen molar-refractivity contribution < 1.29 is 9.53 Å². The highest BCUT2D eigenvalue weighted by Crippen LogP contribution is 2.16. The number of rotatable bonds is 5. The van der Waals surface area contributed by atoms with Crippen LogP contribution in [-0.4, -0.2) is 12.5 Å². The number of nitrogens with zero attached hydrogens (tertiary/aromatic N) is 1. The highest BCUT2D eigenvalue weighted by Gasteiger charge is 2.04. The summed E-state index contributed by atoms with van der Waals surface area (Å²) in [4.78, 5) is 11.9. The SMILES string of the molecule is N#CCOc1ccc(NC(=O)Cc2ccc(Cl)cc2)cc1. The number of carbonyl (C=O) groups excluding carboxylic acids is 1. The topological polar surface area (TPSA) is 62.1 Å². The molecule has 0 heterocycles. The maximum absolute atomic E-state index is 11.9. The van der Waals surface area contributed by atoms with Crippen LogP contribution >= 0.6 is 11.6 Å². The third-order valence-corrected chi connectivity index (χ3v) is 2.97. The number of nitrogens with one attached hydrogen (secondary N) is 1. The van der Waals surface area contributed by atoms with Crippen LogP contribution < -0.4 is 10.1 Å². The molecular weight excluding hydrogens is 288 g/mol. The fraction of sp³-hybridized carbons (Fsp3) is 0.125. The summed E-state index contributed by atoms with van der Waals surface area (Å²) in [6, 6.07) is 15.9. The van der Waals surface area contributed by atoms with Gasteiger partial charge >= 0.3 is 0 Å². The molecule has 0 saturated heterocycles. The summed E-state index contributed by atoms with van der Waals surface area (Å²) >= 11 is 5.80. The van der Waals surface area contributed by atoms with Crippen molar-refractivity contribution in [3.63, 3.8) is 0 Å². The first kappa shape index (κ1) is 14.9. The second kappa shape index (κ2) is 7.32. The summed E-state index contributed by atoms with van der Waals surface area (Å²) in [5, 5.41) is 11.9. The third kappa shape index (κ3) is 4.83. The lowest BCUT2D eigenvalue weighted by molar-refractivity contribution is -0.115. The molecule has 2 rings (SSSR count). The van der Waals surface area contributed by atoms with Crippen LogP contribution in [0.25, 0.3) is 0 Å². The van der Waals surface area contributed by atoms with Crippen molar-refractivity contribution in [1.82, 2.24) is 0 Å². The lowest BCUT2D eigenvalue weighted by Crippen LogP contribution is -2.14. The molecule has 0 spiro atoms. The molecule has 0 saturated carbocycles. The van der Waals surface area contributed by atoms with E-state index >= 15 is 0 Å². The van der Waals surface area contributed by atoms with Gasteiger partial charge in [-0.05, 0) is 42.0 Å². The summed E-state index contributed by atoms with van der Waals surface area (Å²) in [5.41, 5.74) is 1.57. The van der Waals surface area contributed by atoms with Crippen LogP contribution in [0.4, 0.5) is 5.69 Å². The Morgan fingerprint density at radius 2 is 1.81 bits per heavy atom. The molecule has 0 bridgehead atoms. The number of ether oxygens (including phenoxy) is 1. The summed E-state index contributed by atoms with van der Waals surface area (Å²) < 4.78 is 5.14. The van der Waals surface area contributed by atoms with E-state index in [1.807, 2.05) is 18.2 Å². The van der Waals surface area contributed by atoms with Crippen LogP contribution in [-0.2, 0) is 11.2 Å². The van der Waals surface area contributed by atoms with Crippen LogP contribution in [0, 0.1) is 11.3 Å². The number of nitriles is 1. The van der Waals surface area contributed by atoms with E-state index in [0.717, 1.165) is 5.56 Å². The standard InChI is InChI=1S/C16H13ClN2O2/c17-13-3-1-12(2-4-13)11-16(20)19-14-5-7-15(8-6-14)21-10-9-18/h1-8H,10-11H2,(H,19,20). The minimum atomic E-state index is -0.108. The van der Waals surface area contributed by atoms with Crippen LogP contribution in [0.1, 0.15) is 5.56 Å². The van der Waals surface area contributed by atoms with E-state index in [2.05, 4.69) is 5.32 Å². The van der Waals surface area contributed by atoms with E-state index in [-0.39, 0.29) is 18.9 Å². The molecule has 106 valence electrons. The van der Waals surface area contributed by atoms with Crippen molar-refractivity contribution in [3.8, 4) is 11.8 Å². The number of hydrogen-bond acceptors (Lipinski definition) is 3. The molecule has 0 radical (unpaired) electrons. The summed E-state index contributed by atoms with van der Waals surface area (Å²) in [6.45, 7) is 0.00225. The van der Waals surface area contributed by atoms with Crippen molar-refractivity contribution in [1.29, 1.82) is 5.26 Å². The number of hydrogen-bond donors (Lipinski definition) is 1. The molecular formula is C16H13ClN2O2. The zero-order valence-electron chi connectivity index (χ0n) is 11.2. The third-order valence-electron chi connectivity index (χ3n) is 2.72. The monoisotopic (exact) mass is 300 g/mol. The van der Waals surface area contributed by atoms with Gasteiger partial charge in [-0.15, -0.1) is 0 Å². The minimum absolute atomic E-state index is 0.00225. The maximum Gasteiger partial charge on any atom is 0.228 e. The van der Waals surface area contributed by atoms with Crippen molar-refractivity contribution in [2.24, 2.45) is 0 Å². The highest BCUT2D eigenvalue weighted by atomic mass is 35.5. The zero-order valence-corrected chi connectivity index (χ0v) is 11.9. The number of anilines is 1. The Morgan fingerprint density at radius 1 is 1.14 bits per heavy atom. The molecule has 1 N–H and O–H groups in total. The predicted molar refractivity (Wildman–Crippen MR) is 81.3 cm³/mol. The number of carbonyl (C=O) groups is 1. The quantitative estimate of drug-likeness (QED) is 0.920. The van der Waals surface area contributed by atoms with Gasteiger partial charge in [0.15, 0.2) is 6.61 Å². The van der Waals surface area contributed by atoms with Crippen LogP contribution in [0.2, 0.25) is 5.02 Å². The van der Waals surface area contributed by atoms with Crippen molar-refractivity contribution >= 4 is 23.2 Å². The molecule has 0 atom stereocenters. The smallest absolute Gasteiger partial charge is 0.228 e. The Balaban J connectivity index is 1.90. The molecule has 21 heavy (non-hydrogen) atoms. The van der Waals surface area contributed by atoms with Gasteiger partial charge in [0.05, 0.1) is 6.42 Å². The van der Waals surface area contributed by atoms with Crippen molar-refractivity contribution in [3.05, 3.63) is 59.1 Å². The van der Waals surface area contributed by atoms with Gasteiger partial charge in [-0.3, -0.25) is 4.79 Å². The van der Waals surface area contributed by atoms with E-state index in [9.17, 15) is 4.79 Å². The van der Waals surface area contributed by atoms with E-state index < -0.39 is 0 Å². The van der Waals surface area contributed by atoms with E-state index in [1.54, 1.807) is 36.4 Å². The number of halogens is 1. The first-order valence-corrected chi connectivity index (χ1v) is 6.69. The Hall–Kier alpha value is -2.51. The van der Waals surface area contributed by atoms with Gasteiger partial charge in [-0.25, -0.2) is 0 Å². The summed E-state index contributed by atoms with van der Waals surface area (Å²) in [6.07, 6.45) is 0.282. The Labute approximate surface area is 127 Å². The van der Waals surface area contributed by atoms with Crippen molar-refractivity contribution in [2.75, 3.05) is 11.9 Å². The van der Waals surface area contributed by atoms with E-state index in [4.69, 9.17) is 21.6 Å². The molecule has 0 unspecified atom stereocenters. The van der Waals surface area contributed by atoms with Gasteiger partial charge in [-0.1, -0.05) is 23.7 Å². The predicted octanol–water partition coefficient (Wildman–Crippen LogP) is 3.42. The molecule has 0 aliphatic rings. The van der Waals surface area contributed by atoms with E-state index in [0.29, 0.717) is 16.5 Å². The van der Waals surface area contributed by atoms with Gasteiger partial charge < -0.3 is 10.1 Å². The average Bonchev–Trinajstić information content (AvgIpc) is 2.49. The first-order valence-electron chi connectivity index (χ1n) is 6.31. The Morgan fingerprint density at radius 3 is 2.43 bits per heavy atom. The van der Waals surface area contributed by atoms with Crippen LogP contribution in [0.15, 0.2) is 48.5 Å². The van der Waals surface area contributed by atoms with Gasteiger partial charge in [0.2, 0.25) is 5.91 Å². The molecule has 0 fully saturated rings. The molecule has 5 heteroatoms. The molecule has 0 aromatic heterocycles. The Bertz CT molecular complexity index is 645. The average molecular weight is 301 g/mol. The minimum Gasteiger partial charge on any atom is -0.479 e. The first-order chi connectivity index (χ1) is 10.2. The van der Waals surface area contributed by atoms with Gasteiger partial charge in [0.25, 0.3) is 0 Å². The normalized spacial score (nSPS) is 9.71. The van der Waals surface area contributed by atoms with Crippen molar-refractivity contribution in [2.45, 2.75) is 6.42 Å². The van der Waals surface area contributed by atoms with Gasteiger partial charge in [0.1, 0.15) is 11.8 Å². The summed E-state index contributed by atoms with van der Waals surface area (Å²) in [5.74, 6) is 0.482. The number of amides is 1. The fourth-order valence-electron chi connectivity index (χ4n) is 1.74. The fourth-order valence-corrected chi connectivity index (χ4v) is 1.87. The van der Waals surface area contributed by atoms with Gasteiger partial charge in [0, 0.05) is 10.7 Å². The highest BCUT2D eigenvalue weighted by molar-refractivity contribution is 6.30. The molecule has 2 aromatic rings.